The van der Waals surface area contributed by atoms with Gasteiger partial charge >= 0.3 is 0 Å². The molecule has 0 amide bonds. The minimum atomic E-state index is 0.674. The summed E-state index contributed by atoms with van der Waals surface area (Å²) in [6.07, 6.45) is 6.48. The number of hydrogen-bond acceptors (Lipinski definition) is 5. The summed E-state index contributed by atoms with van der Waals surface area (Å²) in [6, 6.07) is 0. The molecule has 0 aliphatic heterocycles. The monoisotopic (exact) mass is 204 g/mol. The van der Waals surface area contributed by atoms with E-state index in [0.29, 0.717) is 5.82 Å². The smallest absolute Gasteiger partial charge is 0.173 e. The van der Waals surface area contributed by atoms with Crippen molar-refractivity contribution in [3.8, 4) is 5.82 Å². The third-order valence-electron chi connectivity index (χ3n) is 1.90. The van der Waals surface area contributed by atoms with Gasteiger partial charge in [-0.15, -0.1) is 0 Å². The molecule has 2 heterocycles. The van der Waals surface area contributed by atoms with Crippen LogP contribution in [0.4, 0.5) is 0 Å². The zero-order valence-electron chi connectivity index (χ0n) is 8.46. The maximum Gasteiger partial charge on any atom is 0.173 e. The molecular weight excluding hydrogens is 192 g/mol. The van der Waals surface area contributed by atoms with Crippen LogP contribution in [-0.4, -0.2) is 31.3 Å². The summed E-state index contributed by atoms with van der Waals surface area (Å²) in [6.45, 7) is 3.71. The van der Waals surface area contributed by atoms with E-state index in [2.05, 4.69) is 32.3 Å². The first-order chi connectivity index (χ1) is 7.40. The maximum atomic E-state index is 4.26. The normalized spacial score (nSPS) is 10.5. The van der Waals surface area contributed by atoms with Crippen molar-refractivity contribution in [1.29, 1.82) is 0 Å². The van der Waals surface area contributed by atoms with Crippen LogP contribution in [0.5, 0.6) is 0 Å². The van der Waals surface area contributed by atoms with E-state index in [1.165, 1.54) is 6.33 Å². The first-order valence-electron chi connectivity index (χ1n) is 4.77. The first-order valence-corrected chi connectivity index (χ1v) is 4.77. The first kappa shape index (κ1) is 9.72. The molecule has 6 heteroatoms. The molecule has 78 valence electrons. The highest BCUT2D eigenvalue weighted by Crippen LogP contribution is 1.99. The Bertz CT molecular complexity index is 393. The number of rotatable bonds is 4. The van der Waals surface area contributed by atoms with Gasteiger partial charge in [-0.2, -0.15) is 5.10 Å². The predicted octanol–water partition coefficient (Wildman–Crippen LogP) is 0.167. The number of nitrogens with zero attached hydrogens (tertiary/aromatic N) is 5. The minimum absolute atomic E-state index is 0.674. The molecule has 6 nitrogen and oxygen atoms in total. The van der Waals surface area contributed by atoms with E-state index in [4.69, 9.17) is 0 Å². The van der Waals surface area contributed by atoms with Crippen LogP contribution >= 0.6 is 0 Å². The largest absolute Gasteiger partial charge is 0.311 e. The van der Waals surface area contributed by atoms with Crippen LogP contribution in [0.1, 0.15) is 12.6 Å². The van der Waals surface area contributed by atoms with Gasteiger partial charge in [-0.3, -0.25) is 4.98 Å². The van der Waals surface area contributed by atoms with E-state index in [1.807, 2.05) is 0 Å². The van der Waals surface area contributed by atoms with Crippen molar-refractivity contribution < 1.29 is 0 Å². The van der Waals surface area contributed by atoms with Gasteiger partial charge in [0.25, 0.3) is 0 Å². The Morgan fingerprint density at radius 1 is 1.33 bits per heavy atom. The minimum Gasteiger partial charge on any atom is -0.311 e. The molecule has 15 heavy (non-hydrogen) atoms. The van der Waals surface area contributed by atoms with Crippen molar-refractivity contribution in [2.75, 3.05) is 6.54 Å². The molecule has 0 radical (unpaired) electrons. The molecule has 0 aliphatic carbocycles. The van der Waals surface area contributed by atoms with Crippen molar-refractivity contribution in [2.45, 2.75) is 13.5 Å². The van der Waals surface area contributed by atoms with Gasteiger partial charge < -0.3 is 5.32 Å². The number of nitrogens with one attached hydrogen (secondary N) is 1. The zero-order chi connectivity index (χ0) is 10.5. The molecule has 0 unspecified atom stereocenters. The number of hydrogen-bond donors (Lipinski definition) is 1. The predicted molar refractivity (Wildman–Crippen MR) is 54.3 cm³/mol. The lowest BCUT2D eigenvalue weighted by atomic mass is 10.4. The molecule has 0 fully saturated rings. The molecule has 0 atom stereocenters. The molecule has 0 saturated carbocycles. The fourth-order valence-electron chi connectivity index (χ4n) is 1.14. The van der Waals surface area contributed by atoms with E-state index in [0.717, 1.165) is 18.8 Å². The van der Waals surface area contributed by atoms with Crippen LogP contribution in [0, 0.1) is 0 Å². The zero-order valence-corrected chi connectivity index (χ0v) is 8.46. The van der Waals surface area contributed by atoms with Gasteiger partial charge in [-0.25, -0.2) is 14.6 Å². The van der Waals surface area contributed by atoms with Gasteiger partial charge in [0.2, 0.25) is 0 Å². The van der Waals surface area contributed by atoms with Gasteiger partial charge in [-0.1, -0.05) is 6.92 Å². The Hall–Kier alpha value is -1.82. The van der Waals surface area contributed by atoms with Gasteiger partial charge in [0.1, 0.15) is 12.7 Å². The lowest BCUT2D eigenvalue weighted by Crippen LogP contribution is -2.13. The van der Waals surface area contributed by atoms with Crippen LogP contribution in [0.3, 0.4) is 0 Å². The molecule has 0 aromatic carbocycles. The van der Waals surface area contributed by atoms with Crippen LogP contribution in [0.15, 0.2) is 25.0 Å². The van der Waals surface area contributed by atoms with E-state index in [1.54, 1.807) is 23.4 Å². The van der Waals surface area contributed by atoms with Crippen molar-refractivity contribution in [2.24, 2.45) is 0 Å². The van der Waals surface area contributed by atoms with Crippen LogP contribution in [0.2, 0.25) is 0 Å². The second-order valence-corrected chi connectivity index (χ2v) is 2.99. The van der Waals surface area contributed by atoms with E-state index < -0.39 is 0 Å². The molecule has 0 aliphatic rings. The highest BCUT2D eigenvalue weighted by atomic mass is 15.3. The highest BCUT2D eigenvalue weighted by Gasteiger charge is 1.99. The topological polar surface area (TPSA) is 68.5 Å². The summed E-state index contributed by atoms with van der Waals surface area (Å²) in [5.41, 5.74) is 0.917. The van der Waals surface area contributed by atoms with Crippen molar-refractivity contribution in [1.82, 2.24) is 30.0 Å². The molecule has 2 aromatic rings. The quantitative estimate of drug-likeness (QED) is 0.768. The highest BCUT2D eigenvalue weighted by molar-refractivity contribution is 5.15. The van der Waals surface area contributed by atoms with Gasteiger partial charge in [0, 0.05) is 6.54 Å². The second kappa shape index (κ2) is 4.61. The van der Waals surface area contributed by atoms with Crippen LogP contribution in [-0.2, 0) is 6.54 Å². The fourth-order valence-corrected chi connectivity index (χ4v) is 1.14. The molecule has 0 spiro atoms. The molecule has 0 saturated heterocycles. The average molecular weight is 204 g/mol. The van der Waals surface area contributed by atoms with E-state index in [-0.39, 0.29) is 0 Å². The van der Waals surface area contributed by atoms with Crippen molar-refractivity contribution in [3.63, 3.8) is 0 Å². The average Bonchev–Trinajstić information content (AvgIpc) is 2.80. The Morgan fingerprint density at radius 3 is 2.87 bits per heavy atom. The summed E-state index contributed by atoms with van der Waals surface area (Å²) in [5.74, 6) is 0.674. The third-order valence-corrected chi connectivity index (χ3v) is 1.90. The number of aromatic nitrogens is 5. The Kier molecular flexibility index (Phi) is 2.99. The molecule has 2 aromatic heterocycles. The Balaban J connectivity index is 2.11. The lowest BCUT2D eigenvalue weighted by molar-refractivity contribution is 0.703. The van der Waals surface area contributed by atoms with Crippen molar-refractivity contribution >= 4 is 0 Å². The molecular formula is C9H12N6. The third kappa shape index (κ3) is 2.35. The molecule has 1 N–H and O–H groups in total. The summed E-state index contributed by atoms with van der Waals surface area (Å²) in [5, 5.41) is 7.15. The van der Waals surface area contributed by atoms with Gasteiger partial charge in [0.15, 0.2) is 5.82 Å². The molecule has 0 bridgehead atoms. The van der Waals surface area contributed by atoms with Crippen LogP contribution in [0.25, 0.3) is 5.82 Å². The van der Waals surface area contributed by atoms with Crippen LogP contribution < -0.4 is 5.32 Å². The van der Waals surface area contributed by atoms with Crippen molar-refractivity contribution in [3.05, 3.63) is 30.7 Å². The van der Waals surface area contributed by atoms with Gasteiger partial charge in [-0.05, 0) is 6.54 Å². The van der Waals surface area contributed by atoms with E-state index in [9.17, 15) is 0 Å². The molecule has 2 rings (SSSR count). The maximum absolute atomic E-state index is 4.26. The standard InChI is InChI=1S/C9H12N6/c1-2-10-3-8-4-13-9(5-12-8)15-7-11-6-14-15/h4-7,10H,2-3H2,1H3. The SMILES string of the molecule is CCNCc1cnc(-n2cncn2)cn1. The Morgan fingerprint density at radius 2 is 2.27 bits per heavy atom. The fraction of sp³-hybridized carbons (Fsp3) is 0.333. The Labute approximate surface area is 87.4 Å². The lowest BCUT2D eigenvalue weighted by Gasteiger charge is -2.02. The second-order valence-electron chi connectivity index (χ2n) is 2.99. The summed E-state index contributed by atoms with van der Waals surface area (Å²) in [7, 11) is 0. The summed E-state index contributed by atoms with van der Waals surface area (Å²) >= 11 is 0. The van der Waals surface area contributed by atoms with E-state index >= 15 is 0 Å². The summed E-state index contributed by atoms with van der Waals surface area (Å²) < 4.78 is 1.57. The summed E-state index contributed by atoms with van der Waals surface area (Å²) in [4.78, 5) is 12.3. The van der Waals surface area contributed by atoms with Gasteiger partial charge in [0.05, 0.1) is 18.1 Å².